The first-order valence-electron chi connectivity index (χ1n) is 6.28. The van der Waals surface area contributed by atoms with Crippen LogP contribution in [0.25, 0.3) is 0 Å². The molecule has 0 fully saturated rings. The van der Waals surface area contributed by atoms with Crippen molar-refractivity contribution in [3.63, 3.8) is 0 Å². The molecule has 0 saturated heterocycles. The lowest BCUT2D eigenvalue weighted by molar-refractivity contribution is 0.603. The van der Waals surface area contributed by atoms with Crippen LogP contribution in [0.15, 0.2) is 34.0 Å². The zero-order chi connectivity index (χ0) is 14.9. The van der Waals surface area contributed by atoms with Gasteiger partial charge in [0.25, 0.3) is 5.56 Å². The van der Waals surface area contributed by atoms with Crippen LogP contribution in [0.1, 0.15) is 18.1 Å². The Morgan fingerprint density at radius 1 is 1.30 bits per heavy atom. The van der Waals surface area contributed by atoms with Gasteiger partial charge >= 0.3 is 5.69 Å². The van der Waals surface area contributed by atoms with Crippen molar-refractivity contribution in [2.24, 2.45) is 0 Å². The molecule has 5 nitrogen and oxygen atoms in total. The van der Waals surface area contributed by atoms with Crippen LogP contribution in [0.5, 0.6) is 0 Å². The average molecular weight is 294 g/mol. The molecule has 0 bridgehead atoms. The van der Waals surface area contributed by atoms with E-state index >= 15 is 0 Å². The van der Waals surface area contributed by atoms with Crippen LogP contribution in [0.3, 0.4) is 0 Å². The second kappa shape index (κ2) is 5.54. The Hall–Kier alpha value is -2.01. The third kappa shape index (κ3) is 2.63. The minimum Gasteiger partial charge on any atom is -0.393 e. The minimum absolute atomic E-state index is 0.0506. The molecule has 0 spiro atoms. The number of benzene rings is 1. The summed E-state index contributed by atoms with van der Waals surface area (Å²) >= 11 is 6.14. The highest BCUT2D eigenvalue weighted by molar-refractivity contribution is 6.31. The molecule has 20 heavy (non-hydrogen) atoms. The molecule has 0 unspecified atom stereocenters. The van der Waals surface area contributed by atoms with Crippen LogP contribution < -0.4 is 17.0 Å². The highest BCUT2D eigenvalue weighted by Crippen LogP contribution is 2.17. The summed E-state index contributed by atoms with van der Waals surface area (Å²) < 4.78 is 2.51. The predicted molar refractivity (Wildman–Crippen MR) is 80.3 cm³/mol. The van der Waals surface area contributed by atoms with E-state index in [9.17, 15) is 9.59 Å². The molecule has 0 aliphatic rings. The van der Waals surface area contributed by atoms with Gasteiger partial charge < -0.3 is 5.73 Å². The normalized spacial score (nSPS) is 10.8. The molecule has 1 heterocycles. The number of rotatable bonds is 3. The van der Waals surface area contributed by atoms with Gasteiger partial charge in [-0.25, -0.2) is 4.79 Å². The van der Waals surface area contributed by atoms with Crippen LogP contribution in [-0.2, 0) is 13.1 Å². The van der Waals surface area contributed by atoms with Gasteiger partial charge in [0.2, 0.25) is 0 Å². The molecular weight excluding hydrogens is 278 g/mol. The highest BCUT2D eigenvalue weighted by atomic mass is 35.5. The van der Waals surface area contributed by atoms with E-state index in [1.165, 1.54) is 10.8 Å². The van der Waals surface area contributed by atoms with E-state index in [1.54, 1.807) is 6.07 Å². The van der Waals surface area contributed by atoms with E-state index in [1.807, 2.05) is 26.0 Å². The Bertz CT molecular complexity index is 762. The number of hydrogen-bond donors (Lipinski definition) is 1. The van der Waals surface area contributed by atoms with Crippen molar-refractivity contribution in [2.75, 3.05) is 5.73 Å². The SMILES string of the molecule is CCn1cc(N)c(=O)n(Cc2ccc(C)cc2Cl)c1=O. The molecule has 0 radical (unpaired) electrons. The van der Waals surface area contributed by atoms with E-state index in [0.717, 1.165) is 10.1 Å². The van der Waals surface area contributed by atoms with Gasteiger partial charge in [-0.3, -0.25) is 13.9 Å². The van der Waals surface area contributed by atoms with Crippen molar-refractivity contribution >= 4 is 17.3 Å². The lowest BCUT2D eigenvalue weighted by Gasteiger charge is -2.11. The van der Waals surface area contributed by atoms with E-state index in [-0.39, 0.29) is 17.9 Å². The number of aromatic nitrogens is 2. The molecule has 0 atom stereocenters. The van der Waals surface area contributed by atoms with Gasteiger partial charge in [-0.1, -0.05) is 23.7 Å². The molecule has 106 valence electrons. The minimum atomic E-state index is -0.489. The monoisotopic (exact) mass is 293 g/mol. The van der Waals surface area contributed by atoms with Crippen molar-refractivity contribution in [2.45, 2.75) is 26.9 Å². The Balaban J connectivity index is 2.56. The van der Waals surface area contributed by atoms with Crippen molar-refractivity contribution in [3.05, 3.63) is 61.4 Å². The fraction of sp³-hybridized carbons (Fsp3) is 0.286. The first kappa shape index (κ1) is 14.4. The van der Waals surface area contributed by atoms with Crippen LogP contribution in [-0.4, -0.2) is 9.13 Å². The molecule has 1 aromatic carbocycles. The molecule has 0 aliphatic carbocycles. The fourth-order valence-corrected chi connectivity index (χ4v) is 2.29. The Kier molecular flexibility index (Phi) is 3.99. The van der Waals surface area contributed by atoms with E-state index < -0.39 is 5.56 Å². The van der Waals surface area contributed by atoms with Crippen molar-refractivity contribution < 1.29 is 0 Å². The van der Waals surface area contributed by atoms with Gasteiger partial charge in [-0.15, -0.1) is 0 Å². The van der Waals surface area contributed by atoms with E-state index in [2.05, 4.69) is 0 Å². The zero-order valence-corrected chi connectivity index (χ0v) is 12.1. The Morgan fingerprint density at radius 2 is 2.00 bits per heavy atom. The van der Waals surface area contributed by atoms with Crippen molar-refractivity contribution in [1.82, 2.24) is 9.13 Å². The van der Waals surface area contributed by atoms with Gasteiger partial charge in [-0.05, 0) is 31.0 Å². The summed E-state index contributed by atoms with van der Waals surface area (Å²) in [4.78, 5) is 24.2. The smallest absolute Gasteiger partial charge is 0.331 e. The van der Waals surface area contributed by atoms with E-state index in [0.29, 0.717) is 17.1 Å². The number of aryl methyl sites for hydroxylation is 2. The van der Waals surface area contributed by atoms with Crippen LogP contribution in [0.4, 0.5) is 5.69 Å². The quantitative estimate of drug-likeness (QED) is 0.935. The molecule has 0 amide bonds. The summed E-state index contributed by atoms with van der Waals surface area (Å²) in [5.41, 5.74) is 6.56. The van der Waals surface area contributed by atoms with E-state index in [4.69, 9.17) is 17.3 Å². The topological polar surface area (TPSA) is 70.0 Å². The Morgan fingerprint density at radius 3 is 2.60 bits per heavy atom. The maximum Gasteiger partial charge on any atom is 0.331 e. The summed E-state index contributed by atoms with van der Waals surface area (Å²) in [6.45, 7) is 4.30. The molecule has 2 N–H and O–H groups in total. The summed E-state index contributed by atoms with van der Waals surface area (Å²) in [6.07, 6.45) is 1.37. The van der Waals surface area contributed by atoms with Crippen LogP contribution in [0, 0.1) is 6.92 Å². The van der Waals surface area contributed by atoms with Gasteiger partial charge in [0, 0.05) is 17.8 Å². The summed E-state index contributed by atoms with van der Waals surface area (Å²) in [6, 6.07) is 5.49. The summed E-state index contributed by atoms with van der Waals surface area (Å²) in [5.74, 6) is 0. The van der Waals surface area contributed by atoms with Gasteiger partial charge in [0.15, 0.2) is 0 Å². The average Bonchev–Trinajstić information content (AvgIpc) is 2.41. The second-order valence-electron chi connectivity index (χ2n) is 4.64. The van der Waals surface area contributed by atoms with Crippen LogP contribution in [0.2, 0.25) is 5.02 Å². The summed E-state index contributed by atoms with van der Waals surface area (Å²) in [5, 5.41) is 0.529. The van der Waals surface area contributed by atoms with Crippen LogP contribution >= 0.6 is 11.6 Å². The fourth-order valence-electron chi connectivity index (χ4n) is 1.99. The van der Waals surface area contributed by atoms with Crippen molar-refractivity contribution in [1.29, 1.82) is 0 Å². The Labute approximate surface area is 121 Å². The standard InChI is InChI=1S/C14H16ClN3O2/c1-3-17-8-12(16)13(19)18(14(17)20)7-10-5-4-9(2)6-11(10)15/h4-6,8H,3,7,16H2,1-2H3. The maximum absolute atomic E-state index is 12.2. The molecule has 0 aliphatic heterocycles. The van der Waals surface area contributed by atoms with Gasteiger partial charge in [0.1, 0.15) is 5.69 Å². The molecular formula is C14H16ClN3O2. The predicted octanol–water partition coefficient (Wildman–Crippen LogP) is 1.62. The number of nitrogens with two attached hydrogens (primary N) is 1. The highest BCUT2D eigenvalue weighted by Gasteiger charge is 2.10. The molecule has 2 rings (SSSR count). The zero-order valence-electron chi connectivity index (χ0n) is 11.4. The molecule has 2 aromatic rings. The second-order valence-corrected chi connectivity index (χ2v) is 5.05. The van der Waals surface area contributed by atoms with Gasteiger partial charge in [-0.2, -0.15) is 0 Å². The van der Waals surface area contributed by atoms with Crippen molar-refractivity contribution in [3.8, 4) is 0 Å². The lowest BCUT2D eigenvalue weighted by Crippen LogP contribution is -2.40. The maximum atomic E-state index is 12.2. The molecule has 6 heteroatoms. The third-order valence-corrected chi connectivity index (χ3v) is 3.49. The number of hydrogen-bond acceptors (Lipinski definition) is 3. The number of halogens is 1. The first-order chi connectivity index (χ1) is 9.43. The number of anilines is 1. The first-order valence-corrected chi connectivity index (χ1v) is 6.66. The lowest BCUT2D eigenvalue weighted by atomic mass is 10.1. The molecule has 0 saturated carbocycles. The molecule has 1 aromatic heterocycles. The number of nitrogens with zero attached hydrogens (tertiary/aromatic N) is 2. The largest absolute Gasteiger partial charge is 0.393 e. The summed E-state index contributed by atoms with van der Waals surface area (Å²) in [7, 11) is 0. The number of nitrogen functional groups attached to an aromatic ring is 1. The van der Waals surface area contributed by atoms with Gasteiger partial charge in [0.05, 0.1) is 6.54 Å². The third-order valence-electron chi connectivity index (χ3n) is 3.14.